The van der Waals surface area contributed by atoms with Crippen LogP contribution in [0.25, 0.3) is 0 Å². The Kier molecular flexibility index (Phi) is 2.97. The number of aliphatic hydroxyl groups excluding tert-OH is 1. The standard InChI is InChI=1S/C13H16O3/c1-8-3-2-4-9-5-6-10(7-11(8)9)12(14)13(15)16/h5-8,12,14H,2-4H2,1H3,(H,15,16). The zero-order valence-electron chi connectivity index (χ0n) is 9.31. The summed E-state index contributed by atoms with van der Waals surface area (Å²) in [4.78, 5) is 10.7. The number of carbonyl (C=O) groups is 1. The third-order valence-electron chi connectivity index (χ3n) is 3.33. The average Bonchev–Trinajstić information content (AvgIpc) is 2.28. The minimum atomic E-state index is -1.40. The molecule has 16 heavy (non-hydrogen) atoms. The van der Waals surface area contributed by atoms with Crippen molar-refractivity contribution in [3.05, 3.63) is 34.9 Å². The highest BCUT2D eigenvalue weighted by Gasteiger charge is 2.21. The second kappa shape index (κ2) is 4.26. The minimum Gasteiger partial charge on any atom is -0.479 e. The molecule has 0 heterocycles. The van der Waals surface area contributed by atoms with Gasteiger partial charge in [-0.1, -0.05) is 25.1 Å². The van der Waals surface area contributed by atoms with E-state index in [-0.39, 0.29) is 0 Å². The molecule has 3 heteroatoms. The first-order chi connectivity index (χ1) is 7.59. The van der Waals surface area contributed by atoms with Crippen molar-refractivity contribution in [1.82, 2.24) is 0 Å². The predicted molar refractivity (Wildman–Crippen MR) is 60.4 cm³/mol. The van der Waals surface area contributed by atoms with Gasteiger partial charge in [-0.25, -0.2) is 4.79 Å². The fraction of sp³-hybridized carbons (Fsp3) is 0.462. The van der Waals surface area contributed by atoms with E-state index in [1.165, 1.54) is 17.5 Å². The molecule has 2 unspecified atom stereocenters. The van der Waals surface area contributed by atoms with E-state index in [1.54, 1.807) is 6.07 Å². The summed E-state index contributed by atoms with van der Waals surface area (Å²) in [5.74, 6) is -0.729. The highest BCUT2D eigenvalue weighted by molar-refractivity contribution is 5.74. The first-order valence-electron chi connectivity index (χ1n) is 5.63. The maximum atomic E-state index is 10.7. The van der Waals surface area contributed by atoms with Gasteiger partial charge >= 0.3 is 5.97 Å². The number of fused-ring (bicyclic) bond motifs is 1. The summed E-state index contributed by atoms with van der Waals surface area (Å²) < 4.78 is 0. The van der Waals surface area contributed by atoms with Crippen molar-refractivity contribution in [2.75, 3.05) is 0 Å². The molecular weight excluding hydrogens is 204 g/mol. The number of aliphatic hydroxyl groups is 1. The lowest BCUT2D eigenvalue weighted by Crippen LogP contribution is -2.13. The van der Waals surface area contributed by atoms with Gasteiger partial charge in [-0.2, -0.15) is 0 Å². The van der Waals surface area contributed by atoms with Crippen LogP contribution in [0.15, 0.2) is 18.2 Å². The van der Waals surface area contributed by atoms with E-state index in [0.29, 0.717) is 11.5 Å². The normalized spacial score (nSPS) is 21.2. The van der Waals surface area contributed by atoms with E-state index in [2.05, 4.69) is 6.92 Å². The molecule has 0 saturated heterocycles. The Labute approximate surface area is 94.7 Å². The highest BCUT2D eigenvalue weighted by Crippen LogP contribution is 2.32. The molecule has 86 valence electrons. The SMILES string of the molecule is CC1CCCc2ccc(C(O)C(=O)O)cc21. The Hall–Kier alpha value is -1.35. The van der Waals surface area contributed by atoms with E-state index >= 15 is 0 Å². The largest absolute Gasteiger partial charge is 0.479 e. The fourth-order valence-electron chi connectivity index (χ4n) is 2.37. The molecule has 2 rings (SSSR count). The molecular formula is C13H16O3. The summed E-state index contributed by atoms with van der Waals surface area (Å²) in [6.45, 7) is 2.15. The molecule has 3 nitrogen and oxygen atoms in total. The Morgan fingerprint density at radius 3 is 2.94 bits per heavy atom. The van der Waals surface area contributed by atoms with Crippen LogP contribution in [0.3, 0.4) is 0 Å². The van der Waals surface area contributed by atoms with E-state index in [9.17, 15) is 9.90 Å². The molecule has 0 aliphatic heterocycles. The van der Waals surface area contributed by atoms with Crippen LogP contribution in [-0.4, -0.2) is 16.2 Å². The maximum Gasteiger partial charge on any atom is 0.337 e. The van der Waals surface area contributed by atoms with Gasteiger partial charge in [0.05, 0.1) is 0 Å². The predicted octanol–water partition coefficient (Wildman–Crippen LogP) is 2.24. The van der Waals surface area contributed by atoms with Crippen LogP contribution in [0.5, 0.6) is 0 Å². The molecule has 2 atom stereocenters. The summed E-state index contributed by atoms with van der Waals surface area (Å²) in [6, 6.07) is 5.51. The lowest BCUT2D eigenvalue weighted by Gasteiger charge is -2.23. The van der Waals surface area contributed by atoms with Gasteiger partial charge in [0.25, 0.3) is 0 Å². The highest BCUT2D eigenvalue weighted by atomic mass is 16.4. The Morgan fingerprint density at radius 2 is 2.25 bits per heavy atom. The van der Waals surface area contributed by atoms with Crippen LogP contribution >= 0.6 is 0 Å². The number of aryl methyl sites for hydroxylation is 1. The van der Waals surface area contributed by atoms with Crippen molar-refractivity contribution in [1.29, 1.82) is 0 Å². The Morgan fingerprint density at radius 1 is 1.50 bits per heavy atom. The fourth-order valence-corrected chi connectivity index (χ4v) is 2.37. The maximum absolute atomic E-state index is 10.7. The molecule has 1 aromatic carbocycles. The molecule has 0 aromatic heterocycles. The molecule has 0 spiro atoms. The van der Waals surface area contributed by atoms with Crippen LogP contribution < -0.4 is 0 Å². The van der Waals surface area contributed by atoms with Crippen LogP contribution in [0.4, 0.5) is 0 Å². The molecule has 0 bridgehead atoms. The van der Waals surface area contributed by atoms with Crippen LogP contribution in [0, 0.1) is 0 Å². The molecule has 0 radical (unpaired) electrons. The number of benzene rings is 1. The number of carboxylic acids is 1. The molecule has 1 aliphatic carbocycles. The number of rotatable bonds is 2. The molecule has 1 aliphatic rings. The summed E-state index contributed by atoms with van der Waals surface area (Å²) in [5, 5.41) is 18.2. The van der Waals surface area contributed by atoms with Crippen molar-refractivity contribution in [3.8, 4) is 0 Å². The zero-order valence-corrected chi connectivity index (χ0v) is 9.31. The molecule has 0 amide bonds. The second-order valence-electron chi connectivity index (χ2n) is 4.49. The van der Waals surface area contributed by atoms with Crippen molar-refractivity contribution < 1.29 is 15.0 Å². The van der Waals surface area contributed by atoms with Gasteiger partial charge in [-0.05, 0) is 41.9 Å². The van der Waals surface area contributed by atoms with Crippen LogP contribution in [-0.2, 0) is 11.2 Å². The number of hydrogen-bond donors (Lipinski definition) is 2. The summed E-state index contributed by atoms with van der Waals surface area (Å²) in [5.41, 5.74) is 2.98. The topological polar surface area (TPSA) is 57.5 Å². The average molecular weight is 220 g/mol. The lowest BCUT2D eigenvalue weighted by atomic mass is 9.82. The van der Waals surface area contributed by atoms with E-state index in [1.807, 2.05) is 12.1 Å². The van der Waals surface area contributed by atoms with Crippen LogP contribution in [0.2, 0.25) is 0 Å². The van der Waals surface area contributed by atoms with Gasteiger partial charge in [0.2, 0.25) is 0 Å². The van der Waals surface area contributed by atoms with Crippen molar-refractivity contribution in [3.63, 3.8) is 0 Å². The number of aliphatic carboxylic acids is 1. The van der Waals surface area contributed by atoms with E-state index in [4.69, 9.17) is 5.11 Å². The number of hydrogen-bond acceptors (Lipinski definition) is 2. The van der Waals surface area contributed by atoms with Crippen LogP contribution in [0.1, 0.15) is 48.5 Å². The lowest BCUT2D eigenvalue weighted by molar-refractivity contribution is -0.146. The molecule has 0 fully saturated rings. The van der Waals surface area contributed by atoms with Crippen molar-refractivity contribution >= 4 is 5.97 Å². The van der Waals surface area contributed by atoms with Gasteiger partial charge in [-0.15, -0.1) is 0 Å². The number of carboxylic acid groups (broad SMARTS) is 1. The molecule has 2 N–H and O–H groups in total. The van der Waals surface area contributed by atoms with Crippen molar-refractivity contribution in [2.45, 2.75) is 38.2 Å². The third kappa shape index (κ3) is 1.95. The summed E-state index contributed by atoms with van der Waals surface area (Å²) in [6.07, 6.45) is 1.98. The minimum absolute atomic E-state index is 0.463. The Balaban J connectivity index is 2.37. The quantitative estimate of drug-likeness (QED) is 0.803. The summed E-state index contributed by atoms with van der Waals surface area (Å²) >= 11 is 0. The first-order valence-corrected chi connectivity index (χ1v) is 5.63. The monoisotopic (exact) mass is 220 g/mol. The van der Waals surface area contributed by atoms with E-state index < -0.39 is 12.1 Å². The summed E-state index contributed by atoms with van der Waals surface area (Å²) in [7, 11) is 0. The molecule has 1 aromatic rings. The van der Waals surface area contributed by atoms with E-state index in [0.717, 1.165) is 12.8 Å². The van der Waals surface area contributed by atoms with Crippen molar-refractivity contribution in [2.24, 2.45) is 0 Å². The van der Waals surface area contributed by atoms with Gasteiger partial charge < -0.3 is 10.2 Å². The smallest absolute Gasteiger partial charge is 0.337 e. The van der Waals surface area contributed by atoms with Gasteiger partial charge in [0, 0.05) is 0 Å². The third-order valence-corrected chi connectivity index (χ3v) is 3.33. The second-order valence-corrected chi connectivity index (χ2v) is 4.49. The molecule has 0 saturated carbocycles. The first kappa shape index (κ1) is 11.1. The van der Waals surface area contributed by atoms with Gasteiger partial charge in [0.1, 0.15) is 0 Å². The van der Waals surface area contributed by atoms with Gasteiger partial charge in [-0.3, -0.25) is 0 Å². The Bertz CT molecular complexity index is 412. The van der Waals surface area contributed by atoms with Gasteiger partial charge in [0.15, 0.2) is 6.10 Å². The zero-order chi connectivity index (χ0) is 11.7.